The van der Waals surface area contributed by atoms with Crippen LogP contribution in [0.25, 0.3) is 0 Å². The van der Waals surface area contributed by atoms with E-state index in [1.807, 2.05) is 64.1 Å². The predicted octanol–water partition coefficient (Wildman–Crippen LogP) is 5.36. The molecular weight excluding hydrogens is 754 g/mol. The number of nitrogens with one attached hydrogen (secondary N) is 1. The molecule has 3 aliphatic heterocycles. The highest BCUT2D eigenvalue weighted by Gasteiger charge is 2.77. The minimum atomic E-state index is -1.40. The van der Waals surface area contributed by atoms with Crippen LogP contribution in [0.15, 0.2) is 73.8 Å². The summed E-state index contributed by atoms with van der Waals surface area (Å²) in [5.74, 6) is -3.82. The van der Waals surface area contributed by atoms with Gasteiger partial charge in [-0.1, -0.05) is 90.5 Å². The van der Waals surface area contributed by atoms with Gasteiger partial charge in [-0.05, 0) is 55.7 Å². The second-order valence-electron chi connectivity index (χ2n) is 15.1. The van der Waals surface area contributed by atoms with Crippen molar-refractivity contribution < 1.29 is 38.5 Å². The minimum absolute atomic E-state index is 0.0415. The number of methoxy groups -OCH3 is 1. The molecule has 3 saturated heterocycles. The molecule has 1 spiro atoms. The van der Waals surface area contributed by atoms with Crippen LogP contribution in [0, 0.1) is 31.6 Å². The second-order valence-corrected chi connectivity index (χ2v) is 16.3. The monoisotopic (exact) mass is 807 g/mol. The molecule has 5 rings (SSSR count). The zero-order valence-electron chi connectivity index (χ0n) is 31.9. The zero-order valence-corrected chi connectivity index (χ0v) is 33.5. The van der Waals surface area contributed by atoms with Crippen LogP contribution >= 0.6 is 15.9 Å². The van der Waals surface area contributed by atoms with Crippen LogP contribution in [-0.4, -0.2) is 95.2 Å². The molecule has 2 aromatic carbocycles. The molecule has 9 atom stereocenters. The number of alkyl halides is 1. The SMILES string of the molecule is C=CCCC(=O)N[C@@H](COC)[C@@H](OC(=O)[C@H]1[C@@H]2O[C@@]3(CC2Br)[C@@H]1C(=O)N([C@@H](CO)CC(C)C)[C@@H]3C(=O)N(CC=C)c1c(C)cccc1C)c1ccccc1. The van der Waals surface area contributed by atoms with Gasteiger partial charge in [-0.2, -0.15) is 0 Å². The number of hydrogen-bond acceptors (Lipinski definition) is 8. The van der Waals surface area contributed by atoms with Crippen molar-refractivity contribution >= 4 is 45.3 Å². The number of carbonyl (C=O) groups excluding carboxylic acids is 4. The molecule has 0 aliphatic carbocycles. The van der Waals surface area contributed by atoms with Crippen LogP contribution in [0.5, 0.6) is 0 Å². The zero-order chi connectivity index (χ0) is 39.3. The Kier molecular flexibility index (Phi) is 13.6. The van der Waals surface area contributed by atoms with Gasteiger partial charge < -0.3 is 34.4 Å². The fraction of sp³-hybridized carbons (Fsp3) is 0.524. The number of fused-ring (bicyclic) bond motifs is 1. The van der Waals surface area contributed by atoms with E-state index in [1.54, 1.807) is 29.2 Å². The van der Waals surface area contributed by atoms with Crippen molar-refractivity contribution in [1.82, 2.24) is 10.2 Å². The number of allylic oxidation sites excluding steroid dienone is 1. The quantitative estimate of drug-likeness (QED) is 0.117. The standard InChI is InChI=1S/C42H54BrN3O8/c1-8-10-19-32(48)44-31(24-52-7)36(28-17-12-11-13-18-28)53-41(51)33-34-39(49)46(29(23-47)21-25(3)4)38(42(34)22-30(43)37(33)54-42)40(50)45(20-9-2)35-26(5)15-14-16-27(35)6/h8-9,11-18,25,29-31,33-34,36-38,47H,1-2,10,19-24H2,3-7H3,(H,44,48)/t29-,30?,31+,33-,34+,36+,37-,38-,42+/m1/s1. The first-order valence-electron chi connectivity index (χ1n) is 18.7. The summed E-state index contributed by atoms with van der Waals surface area (Å²) in [4.78, 5) is 60.7. The van der Waals surface area contributed by atoms with E-state index in [1.165, 1.54) is 12.0 Å². The number of hydrogen-bond donors (Lipinski definition) is 2. The lowest BCUT2D eigenvalue weighted by molar-refractivity contribution is -0.163. The fourth-order valence-electron chi connectivity index (χ4n) is 8.75. The van der Waals surface area contributed by atoms with Crippen molar-refractivity contribution in [2.24, 2.45) is 17.8 Å². The van der Waals surface area contributed by atoms with E-state index in [0.29, 0.717) is 24.1 Å². The molecule has 292 valence electrons. The van der Waals surface area contributed by atoms with Gasteiger partial charge in [0.05, 0.1) is 43.2 Å². The molecule has 12 heteroatoms. The molecule has 2 bridgehead atoms. The first-order valence-corrected chi connectivity index (χ1v) is 19.6. The Morgan fingerprint density at radius 1 is 1.11 bits per heavy atom. The van der Waals surface area contributed by atoms with Crippen LogP contribution in [-0.2, 0) is 33.4 Å². The number of nitrogens with zero attached hydrogens (tertiary/aromatic N) is 2. The number of amides is 3. The number of aliphatic hydroxyl groups is 1. The first kappa shape index (κ1) is 41.3. The number of benzene rings is 2. The minimum Gasteiger partial charge on any atom is -0.455 e. The fourth-order valence-corrected chi connectivity index (χ4v) is 9.70. The predicted molar refractivity (Wildman–Crippen MR) is 210 cm³/mol. The highest BCUT2D eigenvalue weighted by molar-refractivity contribution is 9.09. The van der Waals surface area contributed by atoms with E-state index in [2.05, 4.69) is 34.4 Å². The largest absolute Gasteiger partial charge is 0.455 e. The number of rotatable bonds is 18. The summed E-state index contributed by atoms with van der Waals surface area (Å²) in [7, 11) is 1.50. The summed E-state index contributed by atoms with van der Waals surface area (Å²) in [6.45, 7) is 15.3. The lowest BCUT2D eigenvalue weighted by atomic mass is 9.70. The third-order valence-electron chi connectivity index (χ3n) is 10.9. The molecule has 0 aromatic heterocycles. The Balaban J connectivity index is 1.59. The topological polar surface area (TPSA) is 135 Å². The lowest BCUT2D eigenvalue weighted by Gasteiger charge is -2.40. The molecule has 0 radical (unpaired) electrons. The maximum Gasteiger partial charge on any atom is 0.313 e. The Bertz CT molecular complexity index is 1680. The molecule has 3 aliphatic rings. The van der Waals surface area contributed by atoms with Crippen LogP contribution in [0.3, 0.4) is 0 Å². The first-order chi connectivity index (χ1) is 25.8. The van der Waals surface area contributed by atoms with Gasteiger partial charge in [-0.15, -0.1) is 13.2 Å². The Morgan fingerprint density at radius 3 is 2.39 bits per heavy atom. The van der Waals surface area contributed by atoms with Gasteiger partial charge in [-0.3, -0.25) is 19.2 Å². The Hall–Kier alpha value is -3.84. The van der Waals surface area contributed by atoms with E-state index in [-0.39, 0.29) is 55.2 Å². The van der Waals surface area contributed by atoms with Gasteiger partial charge in [0.15, 0.2) is 0 Å². The van der Waals surface area contributed by atoms with E-state index in [9.17, 15) is 14.7 Å². The number of ether oxygens (including phenoxy) is 3. The van der Waals surface area contributed by atoms with Gasteiger partial charge in [0.25, 0.3) is 5.91 Å². The van der Waals surface area contributed by atoms with Crippen molar-refractivity contribution in [3.05, 3.63) is 90.5 Å². The van der Waals surface area contributed by atoms with E-state index >= 15 is 9.59 Å². The number of carbonyl (C=O) groups is 4. The smallest absolute Gasteiger partial charge is 0.313 e. The molecule has 3 amide bonds. The highest BCUT2D eigenvalue weighted by atomic mass is 79.9. The average molecular weight is 809 g/mol. The van der Waals surface area contributed by atoms with Crippen LogP contribution in [0.4, 0.5) is 5.69 Å². The van der Waals surface area contributed by atoms with Gasteiger partial charge in [0.2, 0.25) is 11.8 Å². The van der Waals surface area contributed by atoms with E-state index in [0.717, 1.165) is 11.1 Å². The second kappa shape index (κ2) is 17.7. The number of para-hydroxylation sites is 1. The van der Waals surface area contributed by atoms with Crippen LogP contribution in [0.2, 0.25) is 0 Å². The number of aliphatic hydroxyl groups excluding tert-OH is 1. The third kappa shape index (κ3) is 7.94. The van der Waals surface area contributed by atoms with E-state index in [4.69, 9.17) is 14.2 Å². The average Bonchev–Trinajstić information content (AvgIpc) is 3.74. The summed E-state index contributed by atoms with van der Waals surface area (Å²) < 4.78 is 18.7. The van der Waals surface area contributed by atoms with E-state index < -0.39 is 59.6 Å². The van der Waals surface area contributed by atoms with Crippen molar-refractivity contribution in [3.8, 4) is 0 Å². The Morgan fingerprint density at radius 2 is 1.80 bits per heavy atom. The summed E-state index contributed by atoms with van der Waals surface area (Å²) in [5, 5.41) is 13.8. The highest BCUT2D eigenvalue weighted by Crippen LogP contribution is 2.61. The van der Waals surface area contributed by atoms with Gasteiger partial charge in [0.1, 0.15) is 17.7 Å². The molecule has 3 heterocycles. The molecule has 54 heavy (non-hydrogen) atoms. The number of halogens is 1. The maximum absolute atomic E-state index is 15.2. The molecule has 0 saturated carbocycles. The summed E-state index contributed by atoms with van der Waals surface area (Å²) >= 11 is 3.77. The normalized spacial score (nSPS) is 25.9. The molecule has 2 N–H and O–H groups in total. The van der Waals surface area contributed by atoms with Crippen molar-refractivity contribution in [1.29, 1.82) is 0 Å². The number of anilines is 1. The number of aryl methyl sites for hydroxylation is 2. The Labute approximate surface area is 327 Å². The van der Waals surface area contributed by atoms with Crippen LogP contribution in [0.1, 0.15) is 62.3 Å². The van der Waals surface area contributed by atoms with Gasteiger partial charge in [0, 0.05) is 30.6 Å². The maximum atomic E-state index is 15.2. The summed E-state index contributed by atoms with van der Waals surface area (Å²) in [5.41, 5.74) is 1.69. The van der Waals surface area contributed by atoms with Gasteiger partial charge in [-0.25, -0.2) is 0 Å². The number of likely N-dealkylation sites (tertiary alicyclic amines) is 1. The van der Waals surface area contributed by atoms with Crippen molar-refractivity contribution in [3.63, 3.8) is 0 Å². The molecule has 1 unspecified atom stereocenters. The summed E-state index contributed by atoms with van der Waals surface area (Å²) in [6.07, 6.45) is 2.92. The lowest BCUT2D eigenvalue weighted by Crippen LogP contribution is -2.59. The van der Waals surface area contributed by atoms with Gasteiger partial charge >= 0.3 is 5.97 Å². The molecule has 3 fully saturated rings. The third-order valence-corrected chi connectivity index (χ3v) is 11.7. The molecule has 2 aromatic rings. The van der Waals surface area contributed by atoms with Crippen molar-refractivity contribution in [2.75, 3.05) is 31.8 Å². The molecular formula is C42H54BrN3O8. The van der Waals surface area contributed by atoms with Crippen LogP contribution < -0.4 is 10.2 Å². The molecule has 11 nitrogen and oxygen atoms in total. The summed E-state index contributed by atoms with van der Waals surface area (Å²) in [6, 6.07) is 12.2. The number of esters is 1. The van der Waals surface area contributed by atoms with Crippen molar-refractivity contribution in [2.45, 2.75) is 94.1 Å².